The third kappa shape index (κ3) is 5.15. The summed E-state index contributed by atoms with van der Waals surface area (Å²) in [7, 11) is 0. The number of carbonyl (C=O) groups is 2. The standard InChI is InChI=1S/C24H21Cl2N3O3/c25-18-9-11-19(12-10-18)29-14-17(13-23(29)30)24(31)28-27-21-7-3-4-8-22(21)32-15-16-5-1-2-6-20(16)26/h1-12,17,27H,13-15H2,(H,28,31)/t17-/m1/s1. The van der Waals surface area contributed by atoms with Crippen LogP contribution < -0.4 is 20.5 Å². The first-order valence-electron chi connectivity index (χ1n) is 10.1. The topological polar surface area (TPSA) is 70.7 Å². The number of amides is 2. The second kappa shape index (κ2) is 9.94. The van der Waals surface area contributed by atoms with E-state index in [1.807, 2.05) is 30.3 Å². The molecule has 0 bridgehead atoms. The van der Waals surface area contributed by atoms with Gasteiger partial charge >= 0.3 is 0 Å². The van der Waals surface area contributed by atoms with Crippen molar-refractivity contribution in [2.75, 3.05) is 16.9 Å². The molecule has 6 nitrogen and oxygen atoms in total. The van der Waals surface area contributed by atoms with Gasteiger partial charge in [-0.15, -0.1) is 0 Å². The fourth-order valence-electron chi connectivity index (χ4n) is 3.45. The maximum atomic E-state index is 12.7. The molecule has 4 rings (SSSR count). The monoisotopic (exact) mass is 469 g/mol. The molecule has 2 amide bonds. The minimum atomic E-state index is -0.470. The van der Waals surface area contributed by atoms with E-state index in [1.54, 1.807) is 47.4 Å². The molecule has 0 aromatic heterocycles. The van der Waals surface area contributed by atoms with Gasteiger partial charge in [-0.1, -0.05) is 53.5 Å². The van der Waals surface area contributed by atoms with Crippen molar-refractivity contribution in [3.63, 3.8) is 0 Å². The molecule has 1 aliphatic rings. The van der Waals surface area contributed by atoms with Crippen LogP contribution in [0.4, 0.5) is 11.4 Å². The molecule has 1 aliphatic heterocycles. The fraction of sp³-hybridized carbons (Fsp3) is 0.167. The molecule has 3 aromatic rings. The van der Waals surface area contributed by atoms with Crippen molar-refractivity contribution < 1.29 is 14.3 Å². The van der Waals surface area contributed by atoms with Crippen molar-refractivity contribution in [3.8, 4) is 5.75 Å². The van der Waals surface area contributed by atoms with Gasteiger partial charge in [-0.25, -0.2) is 0 Å². The minimum Gasteiger partial charge on any atom is -0.487 e. The van der Waals surface area contributed by atoms with Crippen LogP contribution in [0, 0.1) is 5.92 Å². The fourth-order valence-corrected chi connectivity index (χ4v) is 3.77. The molecule has 2 N–H and O–H groups in total. The molecular weight excluding hydrogens is 449 g/mol. The summed E-state index contributed by atoms with van der Waals surface area (Å²) in [4.78, 5) is 26.7. The van der Waals surface area contributed by atoms with Gasteiger partial charge in [0, 0.05) is 34.3 Å². The van der Waals surface area contributed by atoms with Crippen LogP contribution >= 0.6 is 23.2 Å². The lowest BCUT2D eigenvalue weighted by atomic mass is 10.1. The highest BCUT2D eigenvalue weighted by atomic mass is 35.5. The predicted octanol–water partition coefficient (Wildman–Crippen LogP) is 5.07. The summed E-state index contributed by atoms with van der Waals surface area (Å²) in [5.41, 5.74) is 7.80. The zero-order chi connectivity index (χ0) is 22.5. The number of nitrogens with one attached hydrogen (secondary N) is 2. The van der Waals surface area contributed by atoms with Crippen LogP contribution in [0.15, 0.2) is 72.8 Å². The van der Waals surface area contributed by atoms with E-state index < -0.39 is 5.92 Å². The van der Waals surface area contributed by atoms with E-state index in [4.69, 9.17) is 27.9 Å². The number of ether oxygens (including phenoxy) is 1. The second-order valence-electron chi connectivity index (χ2n) is 7.37. The molecule has 0 unspecified atom stereocenters. The van der Waals surface area contributed by atoms with Gasteiger partial charge in [-0.05, 0) is 42.5 Å². The molecule has 3 aromatic carbocycles. The van der Waals surface area contributed by atoms with Gasteiger partial charge in [0.05, 0.1) is 11.6 Å². The van der Waals surface area contributed by atoms with Crippen LogP contribution in [0.3, 0.4) is 0 Å². The molecule has 32 heavy (non-hydrogen) atoms. The average molecular weight is 470 g/mol. The number of benzene rings is 3. The summed E-state index contributed by atoms with van der Waals surface area (Å²) in [6.07, 6.45) is 0.140. The van der Waals surface area contributed by atoms with Crippen molar-refractivity contribution in [2.24, 2.45) is 5.92 Å². The SMILES string of the molecule is O=C(NNc1ccccc1OCc1ccccc1Cl)[C@@H]1CC(=O)N(c2ccc(Cl)cc2)C1. The van der Waals surface area contributed by atoms with Gasteiger partial charge in [-0.2, -0.15) is 0 Å². The second-order valence-corrected chi connectivity index (χ2v) is 8.22. The third-order valence-corrected chi connectivity index (χ3v) is 5.80. The quantitative estimate of drug-likeness (QED) is 0.474. The van der Waals surface area contributed by atoms with Crippen LogP contribution in [0.1, 0.15) is 12.0 Å². The Bertz CT molecular complexity index is 1120. The Morgan fingerprint density at radius 3 is 2.50 bits per heavy atom. The predicted molar refractivity (Wildman–Crippen MR) is 126 cm³/mol. The molecule has 0 saturated carbocycles. The Morgan fingerprint density at radius 1 is 1.00 bits per heavy atom. The van der Waals surface area contributed by atoms with E-state index in [9.17, 15) is 9.59 Å². The number of hydrogen-bond acceptors (Lipinski definition) is 4. The number of anilines is 2. The van der Waals surface area contributed by atoms with Crippen LogP contribution in [-0.2, 0) is 16.2 Å². The first-order valence-corrected chi connectivity index (χ1v) is 10.8. The Hall–Kier alpha value is -3.22. The first-order chi connectivity index (χ1) is 15.5. The van der Waals surface area contributed by atoms with Crippen molar-refractivity contribution in [1.82, 2.24) is 5.43 Å². The van der Waals surface area contributed by atoms with Gasteiger partial charge in [0.25, 0.3) is 0 Å². The molecule has 164 valence electrons. The molecule has 0 spiro atoms. The number of hydrogen-bond donors (Lipinski definition) is 2. The largest absolute Gasteiger partial charge is 0.487 e. The van der Waals surface area contributed by atoms with Gasteiger partial charge in [0.1, 0.15) is 12.4 Å². The molecule has 0 aliphatic carbocycles. The van der Waals surface area contributed by atoms with E-state index in [0.717, 1.165) is 11.3 Å². The van der Waals surface area contributed by atoms with E-state index in [1.165, 1.54) is 0 Å². The van der Waals surface area contributed by atoms with Crippen LogP contribution in [0.5, 0.6) is 5.75 Å². The summed E-state index contributed by atoms with van der Waals surface area (Å²) in [5.74, 6) is -0.272. The van der Waals surface area contributed by atoms with E-state index in [0.29, 0.717) is 34.6 Å². The van der Waals surface area contributed by atoms with Gasteiger partial charge < -0.3 is 9.64 Å². The molecule has 1 fully saturated rings. The van der Waals surface area contributed by atoms with E-state index in [-0.39, 0.29) is 18.2 Å². The Kier molecular flexibility index (Phi) is 6.83. The molecule has 1 atom stereocenters. The minimum absolute atomic E-state index is 0.101. The Balaban J connectivity index is 1.36. The summed E-state index contributed by atoms with van der Waals surface area (Å²) in [6, 6.07) is 21.7. The smallest absolute Gasteiger partial charge is 0.243 e. The lowest BCUT2D eigenvalue weighted by Gasteiger charge is -2.18. The summed E-state index contributed by atoms with van der Waals surface area (Å²) < 4.78 is 5.89. The lowest BCUT2D eigenvalue weighted by molar-refractivity contribution is -0.125. The maximum absolute atomic E-state index is 12.7. The van der Waals surface area contributed by atoms with Crippen LogP contribution in [-0.4, -0.2) is 18.4 Å². The van der Waals surface area contributed by atoms with Crippen LogP contribution in [0.25, 0.3) is 0 Å². The van der Waals surface area contributed by atoms with Crippen LogP contribution in [0.2, 0.25) is 10.0 Å². The highest BCUT2D eigenvalue weighted by molar-refractivity contribution is 6.31. The summed E-state index contributed by atoms with van der Waals surface area (Å²) in [6.45, 7) is 0.595. The molecular formula is C24H21Cl2N3O3. The molecule has 8 heteroatoms. The van der Waals surface area contributed by atoms with E-state index >= 15 is 0 Å². The van der Waals surface area contributed by atoms with Crippen molar-refractivity contribution in [1.29, 1.82) is 0 Å². The van der Waals surface area contributed by atoms with Gasteiger partial charge in [-0.3, -0.25) is 20.4 Å². The zero-order valence-electron chi connectivity index (χ0n) is 17.1. The summed E-state index contributed by atoms with van der Waals surface area (Å²) >= 11 is 12.1. The number of rotatable bonds is 7. The van der Waals surface area contributed by atoms with Gasteiger partial charge in [0.15, 0.2) is 0 Å². The van der Waals surface area contributed by atoms with Crippen molar-refractivity contribution >= 4 is 46.4 Å². The number of hydrazine groups is 1. The third-order valence-electron chi connectivity index (χ3n) is 5.18. The average Bonchev–Trinajstić information content (AvgIpc) is 3.19. The molecule has 0 radical (unpaired) electrons. The molecule has 1 heterocycles. The number of carbonyl (C=O) groups excluding carboxylic acids is 2. The van der Waals surface area contributed by atoms with E-state index in [2.05, 4.69) is 10.9 Å². The number of para-hydroxylation sites is 2. The normalized spacial score (nSPS) is 15.5. The lowest BCUT2D eigenvalue weighted by Crippen LogP contribution is -2.36. The van der Waals surface area contributed by atoms with Crippen molar-refractivity contribution in [3.05, 3.63) is 88.4 Å². The Morgan fingerprint density at radius 2 is 1.72 bits per heavy atom. The zero-order valence-corrected chi connectivity index (χ0v) is 18.6. The van der Waals surface area contributed by atoms with Crippen molar-refractivity contribution in [2.45, 2.75) is 13.0 Å². The van der Waals surface area contributed by atoms with Gasteiger partial charge in [0.2, 0.25) is 11.8 Å². The summed E-state index contributed by atoms with van der Waals surface area (Å²) in [5, 5.41) is 1.22. The Labute approximate surface area is 196 Å². The highest BCUT2D eigenvalue weighted by Gasteiger charge is 2.35. The highest BCUT2D eigenvalue weighted by Crippen LogP contribution is 2.28. The molecule has 1 saturated heterocycles. The number of nitrogens with zero attached hydrogens (tertiary/aromatic N) is 1. The maximum Gasteiger partial charge on any atom is 0.243 e. The number of halogens is 2. The first kappa shape index (κ1) is 22.0.